The molecule has 2 aromatic rings. The molecule has 0 saturated heterocycles. The first kappa shape index (κ1) is 12.6. The lowest BCUT2D eigenvalue weighted by atomic mass is 10.2. The number of anilines is 1. The molecule has 0 atom stereocenters. The van der Waals surface area contributed by atoms with E-state index in [4.69, 9.17) is 22.1 Å². The average Bonchev–Trinajstić information content (AvgIpc) is 2.27. The van der Waals surface area contributed by atoms with Crippen LogP contribution < -0.4 is 10.5 Å². The van der Waals surface area contributed by atoms with Crippen LogP contribution in [-0.2, 0) is 6.42 Å². The number of halogens is 1. The van der Waals surface area contributed by atoms with Gasteiger partial charge in [-0.05, 0) is 36.2 Å². The van der Waals surface area contributed by atoms with Gasteiger partial charge in [-0.25, -0.2) is 4.98 Å². The van der Waals surface area contributed by atoms with Crippen molar-refractivity contribution >= 4 is 17.5 Å². The lowest BCUT2D eigenvalue weighted by molar-refractivity contribution is 0.318. The zero-order valence-electron chi connectivity index (χ0n) is 9.93. The predicted octanol–water partition coefficient (Wildman–Crippen LogP) is 2.04. The highest BCUT2D eigenvalue weighted by atomic mass is 35.5. The highest BCUT2D eigenvalue weighted by Gasteiger charge is 2.03. The van der Waals surface area contributed by atoms with Crippen molar-refractivity contribution in [1.29, 1.82) is 0 Å². The van der Waals surface area contributed by atoms with E-state index in [9.17, 15) is 0 Å². The van der Waals surface area contributed by atoms with E-state index in [0.717, 1.165) is 11.3 Å². The maximum absolute atomic E-state index is 5.68. The van der Waals surface area contributed by atoms with Crippen molar-refractivity contribution in [3.8, 4) is 5.75 Å². The van der Waals surface area contributed by atoms with E-state index in [0.29, 0.717) is 18.9 Å². The Hall–Kier alpha value is -1.88. The van der Waals surface area contributed by atoms with Gasteiger partial charge in [0.1, 0.15) is 11.6 Å². The van der Waals surface area contributed by atoms with E-state index in [-0.39, 0.29) is 11.2 Å². The van der Waals surface area contributed by atoms with Crippen molar-refractivity contribution in [1.82, 2.24) is 15.0 Å². The summed E-state index contributed by atoms with van der Waals surface area (Å²) in [5, 5.41) is 0.105. The molecule has 94 valence electrons. The molecule has 0 unspecified atom stereocenters. The number of ether oxygens (including phenoxy) is 1. The Kier molecular flexibility index (Phi) is 3.94. The number of nitrogens with zero attached hydrogens (tertiary/aromatic N) is 3. The molecule has 2 rings (SSSR count). The van der Waals surface area contributed by atoms with Gasteiger partial charge in [0, 0.05) is 6.42 Å². The van der Waals surface area contributed by atoms with Crippen LogP contribution in [0.3, 0.4) is 0 Å². The third-order valence-corrected chi connectivity index (χ3v) is 2.42. The molecule has 1 aromatic heterocycles. The molecule has 0 saturated carbocycles. The van der Waals surface area contributed by atoms with Gasteiger partial charge in [0.15, 0.2) is 0 Å². The van der Waals surface area contributed by atoms with Gasteiger partial charge in [-0.3, -0.25) is 0 Å². The number of aromatic nitrogens is 3. The molecule has 0 fully saturated rings. The summed E-state index contributed by atoms with van der Waals surface area (Å²) >= 11 is 5.68. The molecule has 0 aliphatic carbocycles. The number of hydrogen-bond donors (Lipinski definition) is 1. The first-order chi connectivity index (χ1) is 8.63. The summed E-state index contributed by atoms with van der Waals surface area (Å²) in [6, 6.07) is 7.83. The second-order valence-corrected chi connectivity index (χ2v) is 4.13. The van der Waals surface area contributed by atoms with Crippen LogP contribution >= 0.6 is 11.6 Å². The van der Waals surface area contributed by atoms with Crippen molar-refractivity contribution in [3.05, 3.63) is 40.9 Å². The first-order valence-corrected chi connectivity index (χ1v) is 5.86. The number of hydrogen-bond acceptors (Lipinski definition) is 5. The molecule has 18 heavy (non-hydrogen) atoms. The van der Waals surface area contributed by atoms with Gasteiger partial charge in [-0.2, -0.15) is 9.97 Å². The summed E-state index contributed by atoms with van der Waals surface area (Å²) in [6.45, 7) is 2.47. The monoisotopic (exact) mass is 264 g/mol. The van der Waals surface area contributed by atoms with Crippen LogP contribution in [0.1, 0.15) is 11.4 Å². The van der Waals surface area contributed by atoms with Crippen LogP contribution in [-0.4, -0.2) is 21.6 Å². The van der Waals surface area contributed by atoms with Crippen LogP contribution in [0.15, 0.2) is 24.3 Å². The smallest absolute Gasteiger partial charge is 0.227 e. The summed E-state index contributed by atoms with van der Waals surface area (Å²) in [5.74, 6) is 1.48. The molecule has 0 spiro atoms. The summed E-state index contributed by atoms with van der Waals surface area (Å²) < 4.78 is 5.59. The van der Waals surface area contributed by atoms with E-state index >= 15 is 0 Å². The fourth-order valence-electron chi connectivity index (χ4n) is 1.49. The molecule has 0 aliphatic heterocycles. The normalized spacial score (nSPS) is 10.3. The first-order valence-electron chi connectivity index (χ1n) is 5.49. The second-order valence-electron chi connectivity index (χ2n) is 3.79. The minimum Gasteiger partial charge on any atom is -0.493 e. The zero-order chi connectivity index (χ0) is 13.0. The molecule has 0 radical (unpaired) electrons. The Labute approximate surface area is 110 Å². The highest BCUT2D eigenvalue weighted by Crippen LogP contribution is 2.12. The Balaban J connectivity index is 1.92. The molecule has 0 amide bonds. The maximum atomic E-state index is 5.68. The van der Waals surface area contributed by atoms with Crippen LogP contribution in [0.2, 0.25) is 5.28 Å². The zero-order valence-corrected chi connectivity index (χ0v) is 10.7. The van der Waals surface area contributed by atoms with Gasteiger partial charge in [0.25, 0.3) is 0 Å². The van der Waals surface area contributed by atoms with Crippen molar-refractivity contribution in [3.63, 3.8) is 0 Å². The number of rotatable bonds is 4. The van der Waals surface area contributed by atoms with Crippen LogP contribution in [0.5, 0.6) is 5.75 Å². The number of aryl methyl sites for hydroxylation is 1. The minimum absolute atomic E-state index is 0.105. The largest absolute Gasteiger partial charge is 0.493 e. The molecule has 2 N–H and O–H groups in total. The van der Waals surface area contributed by atoms with Gasteiger partial charge < -0.3 is 10.5 Å². The molecule has 1 aromatic carbocycles. The molecule has 0 aliphatic rings. The van der Waals surface area contributed by atoms with Crippen LogP contribution in [0.4, 0.5) is 5.95 Å². The van der Waals surface area contributed by atoms with E-state index in [1.54, 1.807) is 0 Å². The van der Waals surface area contributed by atoms with Crippen molar-refractivity contribution < 1.29 is 4.74 Å². The van der Waals surface area contributed by atoms with E-state index in [1.165, 1.54) is 0 Å². The summed E-state index contributed by atoms with van der Waals surface area (Å²) in [7, 11) is 0. The molecule has 1 heterocycles. The van der Waals surface area contributed by atoms with Gasteiger partial charge in [-0.1, -0.05) is 12.1 Å². The van der Waals surface area contributed by atoms with Crippen LogP contribution in [0, 0.1) is 6.92 Å². The number of nitrogen functional groups attached to an aromatic ring is 1. The van der Waals surface area contributed by atoms with Gasteiger partial charge in [-0.15, -0.1) is 0 Å². The second kappa shape index (κ2) is 5.64. The predicted molar refractivity (Wildman–Crippen MR) is 69.6 cm³/mol. The Morgan fingerprint density at radius 1 is 1.28 bits per heavy atom. The molecular weight excluding hydrogens is 252 g/mol. The fourth-order valence-corrected chi connectivity index (χ4v) is 1.67. The summed E-state index contributed by atoms with van der Waals surface area (Å²) in [6.07, 6.45) is 0.528. The third-order valence-electron chi connectivity index (χ3n) is 2.26. The van der Waals surface area contributed by atoms with Crippen molar-refractivity contribution in [2.45, 2.75) is 13.3 Å². The van der Waals surface area contributed by atoms with Crippen LogP contribution in [0.25, 0.3) is 0 Å². The Morgan fingerprint density at radius 3 is 2.83 bits per heavy atom. The van der Waals surface area contributed by atoms with Gasteiger partial charge in [0.2, 0.25) is 11.2 Å². The van der Waals surface area contributed by atoms with Crippen molar-refractivity contribution in [2.75, 3.05) is 12.3 Å². The van der Waals surface area contributed by atoms with Gasteiger partial charge in [0.05, 0.1) is 6.61 Å². The quantitative estimate of drug-likeness (QED) is 0.915. The van der Waals surface area contributed by atoms with Crippen molar-refractivity contribution in [2.24, 2.45) is 0 Å². The fraction of sp³-hybridized carbons (Fsp3) is 0.250. The van der Waals surface area contributed by atoms with Gasteiger partial charge >= 0.3 is 0 Å². The molecule has 5 nitrogen and oxygen atoms in total. The molecular formula is C12H13ClN4O. The maximum Gasteiger partial charge on any atom is 0.227 e. The Bertz CT molecular complexity index is 527. The highest BCUT2D eigenvalue weighted by molar-refractivity contribution is 6.28. The molecule has 6 heteroatoms. The topological polar surface area (TPSA) is 73.9 Å². The minimum atomic E-state index is 0.105. The SMILES string of the molecule is Cc1cccc(OCCc2nc(N)nc(Cl)n2)c1. The number of benzene rings is 1. The summed E-state index contributed by atoms with van der Waals surface area (Å²) in [4.78, 5) is 11.6. The molecule has 0 bridgehead atoms. The van der Waals surface area contributed by atoms with E-state index in [1.807, 2.05) is 31.2 Å². The lowest BCUT2D eigenvalue weighted by Gasteiger charge is -2.06. The standard InChI is InChI=1S/C12H13ClN4O/c1-8-3-2-4-9(7-8)18-6-5-10-15-11(13)17-12(14)16-10/h2-4,7H,5-6H2,1H3,(H2,14,15,16,17). The summed E-state index contributed by atoms with van der Waals surface area (Å²) in [5.41, 5.74) is 6.63. The van der Waals surface area contributed by atoms with E-state index in [2.05, 4.69) is 15.0 Å². The van der Waals surface area contributed by atoms with E-state index < -0.39 is 0 Å². The third kappa shape index (κ3) is 3.56. The Morgan fingerprint density at radius 2 is 2.11 bits per heavy atom. The lowest BCUT2D eigenvalue weighted by Crippen LogP contribution is -2.08. The average molecular weight is 265 g/mol. The number of nitrogens with two attached hydrogens (primary N) is 1.